The predicted octanol–water partition coefficient (Wildman–Crippen LogP) is 2.13. The highest BCUT2D eigenvalue weighted by Crippen LogP contribution is 2.13. The molecule has 0 aliphatic heterocycles. The van der Waals surface area contributed by atoms with E-state index in [0.29, 0.717) is 12.4 Å². The van der Waals surface area contributed by atoms with Gasteiger partial charge in [-0.3, -0.25) is 0 Å². The molecule has 0 heterocycles. The maximum absolute atomic E-state index is 11.3. The Labute approximate surface area is 108 Å². The summed E-state index contributed by atoms with van der Waals surface area (Å²) in [5.41, 5.74) is 1.12. The van der Waals surface area contributed by atoms with E-state index < -0.39 is 0 Å². The summed E-state index contributed by atoms with van der Waals surface area (Å²) in [6, 6.07) is 7.65. The summed E-state index contributed by atoms with van der Waals surface area (Å²) in [5, 5.41) is 3.06. The summed E-state index contributed by atoms with van der Waals surface area (Å²) < 4.78 is 10.4. The van der Waals surface area contributed by atoms with Crippen molar-refractivity contribution >= 4 is 5.97 Å². The van der Waals surface area contributed by atoms with Crippen LogP contribution in [0.3, 0.4) is 0 Å². The molecule has 0 aliphatic carbocycles. The van der Waals surface area contributed by atoms with Gasteiger partial charge >= 0.3 is 5.97 Å². The first-order valence-corrected chi connectivity index (χ1v) is 6.28. The Balaban J connectivity index is 2.33. The molecule has 1 aromatic carbocycles. The molecule has 0 fully saturated rings. The minimum Gasteiger partial charge on any atom is -0.482 e. The fraction of sp³-hybridized carbons (Fsp3) is 0.500. The normalized spacial score (nSPS) is 10.1. The summed E-state index contributed by atoms with van der Waals surface area (Å²) >= 11 is 0. The molecule has 100 valence electrons. The third kappa shape index (κ3) is 5.68. The lowest BCUT2D eigenvalue weighted by atomic mass is 10.2. The summed E-state index contributed by atoms with van der Waals surface area (Å²) in [6.07, 6.45) is 1.91. The zero-order valence-corrected chi connectivity index (χ0v) is 11.1. The number of benzene rings is 1. The van der Waals surface area contributed by atoms with E-state index in [1.54, 1.807) is 0 Å². The van der Waals surface area contributed by atoms with Crippen molar-refractivity contribution in [2.24, 2.45) is 0 Å². The number of ether oxygens (including phenoxy) is 2. The van der Waals surface area contributed by atoms with Crippen molar-refractivity contribution < 1.29 is 14.3 Å². The first-order valence-electron chi connectivity index (χ1n) is 6.28. The van der Waals surface area contributed by atoms with Crippen LogP contribution in [-0.2, 0) is 16.1 Å². The summed E-state index contributed by atoms with van der Waals surface area (Å²) in [7, 11) is 1.89. The maximum Gasteiger partial charge on any atom is 0.344 e. The Hall–Kier alpha value is -1.55. The Morgan fingerprint density at radius 3 is 2.94 bits per heavy atom. The van der Waals surface area contributed by atoms with Gasteiger partial charge < -0.3 is 14.8 Å². The van der Waals surface area contributed by atoms with Crippen LogP contribution < -0.4 is 10.1 Å². The highest BCUT2D eigenvalue weighted by molar-refractivity contribution is 5.71. The van der Waals surface area contributed by atoms with Crippen molar-refractivity contribution in [3.63, 3.8) is 0 Å². The first-order chi connectivity index (χ1) is 8.76. The Morgan fingerprint density at radius 1 is 1.39 bits per heavy atom. The van der Waals surface area contributed by atoms with Crippen LogP contribution in [0.1, 0.15) is 25.3 Å². The summed E-state index contributed by atoms with van der Waals surface area (Å²) in [5.74, 6) is 0.373. The monoisotopic (exact) mass is 251 g/mol. The minimum atomic E-state index is -0.317. The molecule has 4 heteroatoms. The van der Waals surface area contributed by atoms with E-state index in [1.165, 1.54) is 0 Å². The third-order valence-corrected chi connectivity index (χ3v) is 2.40. The average molecular weight is 251 g/mol. The van der Waals surface area contributed by atoms with Crippen LogP contribution in [0.4, 0.5) is 0 Å². The molecular formula is C14H21NO3. The van der Waals surface area contributed by atoms with E-state index in [1.807, 2.05) is 31.3 Å². The van der Waals surface area contributed by atoms with E-state index in [2.05, 4.69) is 12.2 Å². The van der Waals surface area contributed by atoms with E-state index >= 15 is 0 Å². The molecule has 0 spiro atoms. The van der Waals surface area contributed by atoms with Gasteiger partial charge in [0.15, 0.2) is 6.61 Å². The lowest BCUT2D eigenvalue weighted by Gasteiger charge is -2.08. The Morgan fingerprint density at radius 2 is 2.22 bits per heavy atom. The first kappa shape index (κ1) is 14.5. The molecule has 0 aromatic heterocycles. The van der Waals surface area contributed by atoms with Crippen LogP contribution >= 0.6 is 0 Å². The molecule has 1 N–H and O–H groups in total. The highest BCUT2D eigenvalue weighted by Gasteiger charge is 2.04. The van der Waals surface area contributed by atoms with Crippen molar-refractivity contribution in [1.82, 2.24) is 5.32 Å². The van der Waals surface area contributed by atoms with Gasteiger partial charge in [-0.2, -0.15) is 0 Å². The number of hydrogen-bond donors (Lipinski definition) is 1. The van der Waals surface area contributed by atoms with E-state index in [9.17, 15) is 4.79 Å². The zero-order valence-electron chi connectivity index (χ0n) is 11.1. The van der Waals surface area contributed by atoms with Gasteiger partial charge in [0.2, 0.25) is 0 Å². The van der Waals surface area contributed by atoms with E-state index in [0.717, 1.165) is 24.9 Å². The molecule has 0 amide bonds. The van der Waals surface area contributed by atoms with Crippen LogP contribution in [0, 0.1) is 0 Å². The summed E-state index contributed by atoms with van der Waals surface area (Å²) in [4.78, 5) is 11.3. The predicted molar refractivity (Wildman–Crippen MR) is 70.6 cm³/mol. The van der Waals surface area contributed by atoms with Gasteiger partial charge in [-0.05, 0) is 31.2 Å². The number of carbonyl (C=O) groups is 1. The zero-order chi connectivity index (χ0) is 13.2. The van der Waals surface area contributed by atoms with Crippen LogP contribution in [-0.4, -0.2) is 26.2 Å². The SMILES string of the molecule is CCCCOC(=O)COc1cccc(CNC)c1. The molecule has 0 saturated heterocycles. The van der Waals surface area contributed by atoms with Gasteiger partial charge in [-0.1, -0.05) is 25.5 Å². The van der Waals surface area contributed by atoms with Crippen molar-refractivity contribution in [2.75, 3.05) is 20.3 Å². The molecule has 4 nitrogen and oxygen atoms in total. The number of rotatable bonds is 8. The molecule has 0 unspecified atom stereocenters. The highest BCUT2D eigenvalue weighted by atomic mass is 16.6. The minimum absolute atomic E-state index is 0.0350. The van der Waals surface area contributed by atoms with Crippen molar-refractivity contribution in [3.05, 3.63) is 29.8 Å². The number of esters is 1. The fourth-order valence-corrected chi connectivity index (χ4v) is 1.46. The molecule has 0 atom stereocenters. The van der Waals surface area contributed by atoms with Gasteiger partial charge in [-0.15, -0.1) is 0 Å². The molecule has 1 rings (SSSR count). The topological polar surface area (TPSA) is 47.6 Å². The van der Waals surface area contributed by atoms with Gasteiger partial charge in [-0.25, -0.2) is 4.79 Å². The van der Waals surface area contributed by atoms with Crippen LogP contribution in [0.5, 0.6) is 5.75 Å². The quantitative estimate of drug-likeness (QED) is 0.568. The lowest BCUT2D eigenvalue weighted by Crippen LogP contribution is -2.15. The largest absolute Gasteiger partial charge is 0.482 e. The molecule has 0 bridgehead atoms. The second kappa shape index (κ2) is 8.53. The summed E-state index contributed by atoms with van der Waals surface area (Å²) in [6.45, 7) is 3.26. The second-order valence-electron chi connectivity index (χ2n) is 4.04. The Kier molecular flexibility index (Phi) is 6.87. The van der Waals surface area contributed by atoms with Crippen molar-refractivity contribution in [1.29, 1.82) is 0 Å². The van der Waals surface area contributed by atoms with Crippen molar-refractivity contribution in [2.45, 2.75) is 26.3 Å². The van der Waals surface area contributed by atoms with E-state index in [-0.39, 0.29) is 12.6 Å². The molecular weight excluding hydrogens is 230 g/mol. The van der Waals surface area contributed by atoms with Gasteiger partial charge in [0.1, 0.15) is 5.75 Å². The van der Waals surface area contributed by atoms with Crippen LogP contribution in [0.15, 0.2) is 24.3 Å². The number of nitrogens with one attached hydrogen (secondary N) is 1. The molecule has 0 radical (unpaired) electrons. The smallest absolute Gasteiger partial charge is 0.344 e. The average Bonchev–Trinajstić information content (AvgIpc) is 2.38. The molecule has 18 heavy (non-hydrogen) atoms. The number of carbonyl (C=O) groups excluding carboxylic acids is 1. The van der Waals surface area contributed by atoms with Gasteiger partial charge in [0, 0.05) is 6.54 Å². The fourth-order valence-electron chi connectivity index (χ4n) is 1.46. The lowest BCUT2D eigenvalue weighted by molar-refractivity contribution is -0.146. The maximum atomic E-state index is 11.3. The number of unbranched alkanes of at least 4 members (excludes halogenated alkanes) is 1. The third-order valence-electron chi connectivity index (χ3n) is 2.40. The van der Waals surface area contributed by atoms with Gasteiger partial charge in [0.25, 0.3) is 0 Å². The number of hydrogen-bond acceptors (Lipinski definition) is 4. The second-order valence-corrected chi connectivity index (χ2v) is 4.04. The van der Waals surface area contributed by atoms with Crippen molar-refractivity contribution in [3.8, 4) is 5.75 Å². The molecule has 1 aromatic rings. The van der Waals surface area contributed by atoms with Crippen LogP contribution in [0.25, 0.3) is 0 Å². The van der Waals surface area contributed by atoms with Gasteiger partial charge in [0.05, 0.1) is 6.61 Å². The molecule has 0 aliphatic rings. The van der Waals surface area contributed by atoms with E-state index in [4.69, 9.17) is 9.47 Å². The van der Waals surface area contributed by atoms with Crippen LogP contribution in [0.2, 0.25) is 0 Å². The standard InChI is InChI=1S/C14H21NO3/c1-3-4-8-17-14(16)11-18-13-7-5-6-12(9-13)10-15-2/h5-7,9,15H,3-4,8,10-11H2,1-2H3. The Bertz CT molecular complexity index is 366. The molecule has 0 saturated carbocycles.